The molecule has 10 heavy (non-hydrogen) atoms. The summed E-state index contributed by atoms with van der Waals surface area (Å²) in [5.41, 5.74) is 0. The Morgan fingerprint density at radius 3 is 3.00 bits per heavy atom. The van der Waals surface area contributed by atoms with E-state index in [0.717, 1.165) is 11.5 Å². The minimum absolute atomic E-state index is 0.393. The molecule has 0 N–H and O–H groups in total. The Balaban J connectivity index is 2.71. The van der Waals surface area contributed by atoms with Crippen LogP contribution in [0.2, 0.25) is 0 Å². The maximum atomic E-state index is 8.37. The fraction of sp³-hybridized carbons (Fsp3) is 0.286. The lowest BCUT2D eigenvalue weighted by Crippen LogP contribution is -1.70. The van der Waals surface area contributed by atoms with Gasteiger partial charge in [0.1, 0.15) is 11.8 Å². The molecule has 1 aromatic rings. The summed E-state index contributed by atoms with van der Waals surface area (Å²) >= 11 is 1.68. The van der Waals surface area contributed by atoms with Crippen LogP contribution in [-0.4, -0.2) is 6.26 Å². The molecule has 0 saturated carbocycles. The molecule has 3 heteroatoms. The van der Waals surface area contributed by atoms with E-state index < -0.39 is 0 Å². The molecule has 0 radical (unpaired) electrons. The summed E-state index contributed by atoms with van der Waals surface area (Å²) in [6.45, 7) is 0. The zero-order valence-corrected chi connectivity index (χ0v) is 6.44. The third-order valence-electron chi connectivity index (χ3n) is 1.06. The van der Waals surface area contributed by atoms with Crippen molar-refractivity contribution in [2.45, 2.75) is 5.75 Å². The lowest BCUT2D eigenvalue weighted by molar-refractivity contribution is 0.518. The second kappa shape index (κ2) is 3.33. The first-order valence-electron chi connectivity index (χ1n) is 2.84. The quantitative estimate of drug-likeness (QED) is 0.652. The molecule has 0 saturated heterocycles. The van der Waals surface area contributed by atoms with Crippen LogP contribution in [0.5, 0.6) is 0 Å². The highest BCUT2D eigenvalue weighted by atomic mass is 32.2. The van der Waals surface area contributed by atoms with E-state index in [1.165, 1.54) is 0 Å². The molecule has 0 bridgehead atoms. The Kier molecular flexibility index (Phi) is 2.41. The SMILES string of the molecule is CSCc1ccc(C#N)o1. The average molecular weight is 153 g/mol. The third kappa shape index (κ3) is 1.55. The minimum atomic E-state index is 0.393. The Morgan fingerprint density at radius 2 is 2.50 bits per heavy atom. The lowest BCUT2D eigenvalue weighted by Gasteiger charge is -1.87. The Hall–Kier alpha value is -0.880. The smallest absolute Gasteiger partial charge is 0.203 e. The first kappa shape index (κ1) is 7.23. The molecular formula is C7H7NOS. The topological polar surface area (TPSA) is 36.9 Å². The Labute approximate surface area is 63.8 Å². The first-order valence-corrected chi connectivity index (χ1v) is 4.24. The number of nitriles is 1. The number of thioether (sulfide) groups is 1. The third-order valence-corrected chi connectivity index (χ3v) is 1.63. The van der Waals surface area contributed by atoms with Gasteiger partial charge in [0.25, 0.3) is 0 Å². The van der Waals surface area contributed by atoms with Gasteiger partial charge in [-0.05, 0) is 18.4 Å². The first-order chi connectivity index (χ1) is 4.86. The van der Waals surface area contributed by atoms with Gasteiger partial charge in [-0.25, -0.2) is 0 Å². The normalized spacial score (nSPS) is 9.20. The highest BCUT2D eigenvalue weighted by molar-refractivity contribution is 7.97. The summed E-state index contributed by atoms with van der Waals surface area (Å²) in [6, 6.07) is 5.44. The summed E-state index contributed by atoms with van der Waals surface area (Å²) in [7, 11) is 0. The van der Waals surface area contributed by atoms with Crippen molar-refractivity contribution < 1.29 is 4.42 Å². The fourth-order valence-electron chi connectivity index (χ4n) is 0.658. The van der Waals surface area contributed by atoms with Crippen LogP contribution >= 0.6 is 11.8 Å². The Bertz CT molecular complexity index is 248. The van der Waals surface area contributed by atoms with Crippen molar-refractivity contribution in [3.05, 3.63) is 23.7 Å². The lowest BCUT2D eigenvalue weighted by atomic mass is 10.4. The monoisotopic (exact) mass is 153 g/mol. The minimum Gasteiger partial charge on any atom is -0.450 e. The molecule has 1 rings (SSSR count). The highest BCUT2D eigenvalue weighted by Crippen LogP contribution is 2.11. The maximum absolute atomic E-state index is 8.37. The fourth-order valence-corrected chi connectivity index (χ4v) is 1.10. The van der Waals surface area contributed by atoms with E-state index in [2.05, 4.69) is 0 Å². The second-order valence-electron chi connectivity index (χ2n) is 1.81. The molecule has 0 fully saturated rings. The summed E-state index contributed by atoms with van der Waals surface area (Å²) in [4.78, 5) is 0. The molecule has 0 aromatic carbocycles. The zero-order chi connectivity index (χ0) is 7.40. The van der Waals surface area contributed by atoms with Crippen molar-refractivity contribution >= 4 is 11.8 Å². The molecule has 0 amide bonds. The van der Waals surface area contributed by atoms with Gasteiger partial charge in [-0.1, -0.05) is 0 Å². The van der Waals surface area contributed by atoms with E-state index in [0.29, 0.717) is 5.76 Å². The van der Waals surface area contributed by atoms with Crippen molar-refractivity contribution in [1.29, 1.82) is 5.26 Å². The van der Waals surface area contributed by atoms with Crippen LogP contribution in [-0.2, 0) is 5.75 Å². The van der Waals surface area contributed by atoms with Crippen LogP contribution in [0.15, 0.2) is 16.5 Å². The van der Waals surface area contributed by atoms with Gasteiger partial charge in [0.2, 0.25) is 5.76 Å². The van der Waals surface area contributed by atoms with Gasteiger partial charge >= 0.3 is 0 Å². The molecule has 1 aromatic heterocycles. The van der Waals surface area contributed by atoms with Gasteiger partial charge in [-0.15, -0.1) is 0 Å². The Morgan fingerprint density at radius 1 is 1.70 bits per heavy atom. The van der Waals surface area contributed by atoms with E-state index >= 15 is 0 Å². The molecule has 52 valence electrons. The van der Waals surface area contributed by atoms with Crippen molar-refractivity contribution in [2.24, 2.45) is 0 Å². The average Bonchev–Trinajstić information content (AvgIpc) is 2.37. The van der Waals surface area contributed by atoms with E-state index in [9.17, 15) is 0 Å². The summed E-state index contributed by atoms with van der Waals surface area (Å²) < 4.78 is 5.09. The van der Waals surface area contributed by atoms with Crippen molar-refractivity contribution in [1.82, 2.24) is 0 Å². The molecule has 0 aliphatic rings. The van der Waals surface area contributed by atoms with Crippen molar-refractivity contribution in [2.75, 3.05) is 6.26 Å². The molecule has 0 unspecified atom stereocenters. The van der Waals surface area contributed by atoms with E-state index in [1.807, 2.05) is 18.4 Å². The highest BCUT2D eigenvalue weighted by Gasteiger charge is 1.97. The largest absolute Gasteiger partial charge is 0.450 e. The van der Waals surface area contributed by atoms with E-state index in [-0.39, 0.29) is 0 Å². The van der Waals surface area contributed by atoms with Crippen LogP contribution in [0.25, 0.3) is 0 Å². The summed E-state index contributed by atoms with van der Waals surface area (Å²) in [5.74, 6) is 2.09. The standard InChI is InChI=1S/C7H7NOS/c1-10-5-7-3-2-6(4-8)9-7/h2-3H,5H2,1H3. The van der Waals surface area contributed by atoms with Crippen LogP contribution in [0.4, 0.5) is 0 Å². The van der Waals surface area contributed by atoms with Crippen LogP contribution in [0, 0.1) is 11.3 Å². The van der Waals surface area contributed by atoms with Crippen LogP contribution in [0.3, 0.4) is 0 Å². The number of furan rings is 1. The zero-order valence-electron chi connectivity index (χ0n) is 5.63. The van der Waals surface area contributed by atoms with Crippen molar-refractivity contribution in [3.8, 4) is 6.07 Å². The number of rotatable bonds is 2. The van der Waals surface area contributed by atoms with Gasteiger partial charge in [-0.2, -0.15) is 17.0 Å². The summed E-state index contributed by atoms with van der Waals surface area (Å²) in [6.07, 6.45) is 1.99. The van der Waals surface area contributed by atoms with E-state index in [1.54, 1.807) is 17.8 Å². The predicted octanol–water partition coefficient (Wildman–Crippen LogP) is 2.01. The van der Waals surface area contributed by atoms with Crippen LogP contribution < -0.4 is 0 Å². The van der Waals surface area contributed by atoms with Gasteiger partial charge < -0.3 is 4.42 Å². The molecule has 0 atom stereocenters. The van der Waals surface area contributed by atoms with E-state index in [4.69, 9.17) is 9.68 Å². The van der Waals surface area contributed by atoms with Gasteiger partial charge in [0.05, 0.1) is 5.75 Å². The molecule has 0 spiro atoms. The predicted molar refractivity (Wildman–Crippen MR) is 40.6 cm³/mol. The van der Waals surface area contributed by atoms with Gasteiger partial charge in [0, 0.05) is 0 Å². The van der Waals surface area contributed by atoms with Gasteiger partial charge in [0.15, 0.2) is 0 Å². The maximum Gasteiger partial charge on any atom is 0.203 e. The second-order valence-corrected chi connectivity index (χ2v) is 2.68. The number of hydrogen-bond donors (Lipinski definition) is 0. The van der Waals surface area contributed by atoms with Crippen LogP contribution in [0.1, 0.15) is 11.5 Å². The summed E-state index contributed by atoms with van der Waals surface area (Å²) in [5, 5.41) is 8.37. The molecular weight excluding hydrogens is 146 g/mol. The van der Waals surface area contributed by atoms with Gasteiger partial charge in [-0.3, -0.25) is 0 Å². The molecule has 0 aliphatic heterocycles. The van der Waals surface area contributed by atoms with Crippen molar-refractivity contribution in [3.63, 3.8) is 0 Å². The number of nitrogens with zero attached hydrogens (tertiary/aromatic N) is 1. The molecule has 2 nitrogen and oxygen atoms in total. The molecule has 0 aliphatic carbocycles. The molecule has 1 heterocycles. The number of hydrogen-bond acceptors (Lipinski definition) is 3.